The van der Waals surface area contributed by atoms with Gasteiger partial charge >= 0.3 is 6.03 Å². The van der Waals surface area contributed by atoms with E-state index in [2.05, 4.69) is 16.8 Å². The van der Waals surface area contributed by atoms with Crippen LogP contribution in [0.1, 0.15) is 29.8 Å². The molecule has 1 unspecified atom stereocenters. The summed E-state index contributed by atoms with van der Waals surface area (Å²) in [5, 5.41) is 4.49. The second-order valence-electron chi connectivity index (χ2n) is 5.20. The number of amides is 4. The van der Waals surface area contributed by atoms with Crippen LogP contribution in [0.4, 0.5) is 4.79 Å². The minimum Gasteiger partial charge on any atom is -0.334 e. The summed E-state index contributed by atoms with van der Waals surface area (Å²) in [6, 6.07) is 1.64. The lowest BCUT2D eigenvalue weighted by Crippen LogP contribution is -2.46. The van der Waals surface area contributed by atoms with Crippen molar-refractivity contribution < 1.29 is 14.4 Å². The van der Waals surface area contributed by atoms with Crippen LogP contribution < -0.4 is 5.32 Å². The molecule has 1 fully saturated rings. The molecule has 0 aliphatic carbocycles. The second-order valence-corrected chi connectivity index (χ2v) is 6.20. The van der Waals surface area contributed by atoms with Gasteiger partial charge in [-0.05, 0) is 29.9 Å². The number of hydrogen-bond acceptors (Lipinski definition) is 4. The molecular formula is C14H17N3O3S. The Kier molecular flexibility index (Phi) is 3.67. The molecule has 6 nitrogen and oxygen atoms in total. The number of rotatable bonds is 3. The van der Waals surface area contributed by atoms with Crippen LogP contribution in [0.15, 0.2) is 11.4 Å². The molecule has 1 aromatic heterocycles. The van der Waals surface area contributed by atoms with Gasteiger partial charge in [0.25, 0.3) is 5.91 Å². The molecule has 21 heavy (non-hydrogen) atoms. The van der Waals surface area contributed by atoms with Crippen molar-refractivity contribution in [1.82, 2.24) is 15.1 Å². The van der Waals surface area contributed by atoms with Crippen LogP contribution in [0.3, 0.4) is 0 Å². The smallest absolute Gasteiger partial charge is 0.325 e. The van der Waals surface area contributed by atoms with Gasteiger partial charge in [-0.15, -0.1) is 11.3 Å². The van der Waals surface area contributed by atoms with E-state index in [1.165, 1.54) is 10.4 Å². The first-order valence-electron chi connectivity index (χ1n) is 7.05. The molecule has 4 amide bonds. The lowest BCUT2D eigenvalue weighted by molar-refractivity contribution is -0.138. The molecule has 0 bridgehead atoms. The SMILES string of the molecule is CCC1c2ccsc2CCN1C(=O)CN1C(=O)CNC1=O. The number of carbonyl (C=O) groups is 3. The predicted molar refractivity (Wildman–Crippen MR) is 77.9 cm³/mol. The number of hydrogen-bond donors (Lipinski definition) is 1. The summed E-state index contributed by atoms with van der Waals surface area (Å²) in [6.45, 7) is 2.51. The average Bonchev–Trinajstić information content (AvgIpc) is 3.07. The number of carbonyl (C=O) groups excluding carboxylic acids is 3. The number of fused-ring (bicyclic) bond motifs is 1. The van der Waals surface area contributed by atoms with Crippen LogP contribution in [0.2, 0.25) is 0 Å². The Hall–Kier alpha value is -1.89. The van der Waals surface area contributed by atoms with E-state index < -0.39 is 6.03 Å². The van der Waals surface area contributed by atoms with Crippen molar-refractivity contribution in [2.45, 2.75) is 25.8 Å². The third-order valence-corrected chi connectivity index (χ3v) is 5.03. The Morgan fingerprint density at radius 1 is 1.48 bits per heavy atom. The van der Waals surface area contributed by atoms with E-state index in [1.807, 2.05) is 6.92 Å². The molecule has 0 radical (unpaired) electrons. The van der Waals surface area contributed by atoms with Crippen LogP contribution in [-0.4, -0.2) is 47.3 Å². The summed E-state index contributed by atoms with van der Waals surface area (Å²) in [5.74, 6) is -0.501. The van der Waals surface area contributed by atoms with Gasteiger partial charge in [0, 0.05) is 11.4 Å². The Morgan fingerprint density at radius 3 is 2.95 bits per heavy atom. The van der Waals surface area contributed by atoms with Crippen molar-refractivity contribution in [3.63, 3.8) is 0 Å². The van der Waals surface area contributed by atoms with Gasteiger partial charge in [-0.3, -0.25) is 14.5 Å². The zero-order valence-electron chi connectivity index (χ0n) is 11.8. The maximum atomic E-state index is 12.5. The second kappa shape index (κ2) is 5.48. The zero-order valence-corrected chi connectivity index (χ0v) is 12.6. The van der Waals surface area contributed by atoms with E-state index >= 15 is 0 Å². The topological polar surface area (TPSA) is 69.7 Å². The number of urea groups is 1. The van der Waals surface area contributed by atoms with Crippen molar-refractivity contribution in [1.29, 1.82) is 0 Å². The summed E-state index contributed by atoms with van der Waals surface area (Å²) in [5.41, 5.74) is 1.21. The van der Waals surface area contributed by atoms with Gasteiger partial charge in [0.1, 0.15) is 6.54 Å². The van der Waals surface area contributed by atoms with Crippen LogP contribution in [0.5, 0.6) is 0 Å². The largest absolute Gasteiger partial charge is 0.334 e. The zero-order chi connectivity index (χ0) is 15.0. The quantitative estimate of drug-likeness (QED) is 0.851. The fourth-order valence-electron chi connectivity index (χ4n) is 2.98. The highest BCUT2D eigenvalue weighted by Gasteiger charge is 2.35. The maximum absolute atomic E-state index is 12.5. The van der Waals surface area contributed by atoms with Gasteiger partial charge in [0.15, 0.2) is 0 Å². The lowest BCUT2D eigenvalue weighted by Gasteiger charge is -2.36. The van der Waals surface area contributed by atoms with Gasteiger partial charge in [0.05, 0.1) is 12.6 Å². The van der Waals surface area contributed by atoms with Gasteiger partial charge in [-0.1, -0.05) is 6.92 Å². The van der Waals surface area contributed by atoms with Crippen LogP contribution in [0.25, 0.3) is 0 Å². The molecule has 1 atom stereocenters. The third-order valence-electron chi connectivity index (χ3n) is 4.03. The normalized spacial score (nSPS) is 21.5. The lowest BCUT2D eigenvalue weighted by atomic mass is 9.97. The fraction of sp³-hybridized carbons (Fsp3) is 0.500. The van der Waals surface area contributed by atoms with E-state index in [1.54, 1.807) is 16.2 Å². The van der Waals surface area contributed by atoms with Gasteiger partial charge in [-0.2, -0.15) is 0 Å². The van der Waals surface area contributed by atoms with Crippen LogP contribution >= 0.6 is 11.3 Å². The Balaban J connectivity index is 1.76. The summed E-state index contributed by atoms with van der Waals surface area (Å²) in [4.78, 5) is 39.8. The number of nitrogens with one attached hydrogen (secondary N) is 1. The molecule has 1 saturated heterocycles. The van der Waals surface area contributed by atoms with Crippen LogP contribution in [-0.2, 0) is 16.0 Å². The standard InChI is InChI=1S/C14H17N3O3S/c1-2-10-9-4-6-21-11(9)3-5-16(10)13(19)8-17-12(18)7-15-14(17)20/h4,6,10H,2-3,5,7-8H2,1H3,(H,15,20). The molecule has 0 spiro atoms. The summed E-state index contributed by atoms with van der Waals surface area (Å²) < 4.78 is 0. The van der Waals surface area contributed by atoms with Crippen molar-refractivity contribution in [2.75, 3.05) is 19.6 Å². The maximum Gasteiger partial charge on any atom is 0.325 e. The highest BCUT2D eigenvalue weighted by molar-refractivity contribution is 7.10. The molecule has 112 valence electrons. The minimum atomic E-state index is -0.477. The van der Waals surface area contributed by atoms with E-state index in [4.69, 9.17) is 0 Å². The van der Waals surface area contributed by atoms with E-state index in [0.29, 0.717) is 6.54 Å². The fourth-order valence-corrected chi connectivity index (χ4v) is 3.90. The monoisotopic (exact) mass is 307 g/mol. The first-order chi connectivity index (χ1) is 10.1. The first kappa shape index (κ1) is 14.1. The van der Waals surface area contributed by atoms with E-state index in [0.717, 1.165) is 17.7 Å². The average molecular weight is 307 g/mol. The van der Waals surface area contributed by atoms with Crippen molar-refractivity contribution in [2.24, 2.45) is 0 Å². The summed E-state index contributed by atoms with van der Waals surface area (Å²) in [7, 11) is 0. The predicted octanol–water partition coefficient (Wildman–Crippen LogP) is 1.14. The van der Waals surface area contributed by atoms with E-state index in [9.17, 15) is 14.4 Å². The first-order valence-corrected chi connectivity index (χ1v) is 7.93. The molecule has 0 saturated carbocycles. The third kappa shape index (κ3) is 2.42. The summed E-state index contributed by atoms with van der Waals surface area (Å²) >= 11 is 1.73. The molecule has 1 N–H and O–H groups in total. The molecule has 1 aromatic rings. The molecule has 7 heteroatoms. The molecule has 3 heterocycles. The van der Waals surface area contributed by atoms with Gasteiger partial charge < -0.3 is 10.2 Å². The minimum absolute atomic E-state index is 0.0159. The molecule has 2 aliphatic rings. The Bertz CT molecular complexity index is 582. The highest BCUT2D eigenvalue weighted by atomic mass is 32.1. The Morgan fingerprint density at radius 2 is 2.29 bits per heavy atom. The van der Waals surface area contributed by atoms with Crippen LogP contribution in [0, 0.1) is 0 Å². The molecule has 3 rings (SSSR count). The molecule has 2 aliphatic heterocycles. The number of imide groups is 1. The molecule has 0 aromatic carbocycles. The Labute approximate surface area is 126 Å². The van der Waals surface area contributed by atoms with E-state index in [-0.39, 0.29) is 30.9 Å². The van der Waals surface area contributed by atoms with Crippen molar-refractivity contribution in [3.8, 4) is 0 Å². The van der Waals surface area contributed by atoms with Crippen molar-refractivity contribution >= 4 is 29.2 Å². The highest BCUT2D eigenvalue weighted by Crippen LogP contribution is 2.35. The van der Waals surface area contributed by atoms with Crippen molar-refractivity contribution in [3.05, 3.63) is 21.9 Å². The summed E-state index contributed by atoms with van der Waals surface area (Å²) in [6.07, 6.45) is 1.67. The van der Waals surface area contributed by atoms with Gasteiger partial charge in [-0.25, -0.2) is 4.79 Å². The van der Waals surface area contributed by atoms with Gasteiger partial charge in [0.2, 0.25) is 5.91 Å². The number of thiophene rings is 1. The number of nitrogens with zero attached hydrogens (tertiary/aromatic N) is 2. The molecular weight excluding hydrogens is 290 g/mol.